The summed E-state index contributed by atoms with van der Waals surface area (Å²) >= 11 is 0. The van der Waals surface area contributed by atoms with Gasteiger partial charge < -0.3 is 9.47 Å². The van der Waals surface area contributed by atoms with Gasteiger partial charge in [-0.3, -0.25) is 24.5 Å². The molecule has 0 aromatic heterocycles. The average molecular weight is 393 g/mol. The number of esters is 1. The smallest absolute Gasteiger partial charge is 0.317 e. The lowest BCUT2D eigenvalue weighted by atomic mass is 9.79. The summed E-state index contributed by atoms with van der Waals surface area (Å²) in [5.74, 6) is -4.21. The highest BCUT2D eigenvalue weighted by atomic mass is 16.6. The number of nitrogens with zero attached hydrogens (tertiary/aromatic N) is 1. The standard InChI is InChI=1S/C20H27NO7/c1-4-6-10-27-11-12-28-20(24)18(14(3)22)19(17(23)5-2)15-8-7-9-16(13-15)21(25)26/h7-9,13,18-19H,4-6,10-12H2,1-3H3. The Balaban J connectivity index is 3.02. The van der Waals surface area contributed by atoms with Crippen molar-refractivity contribution in [2.45, 2.75) is 46.0 Å². The second-order valence-corrected chi connectivity index (χ2v) is 6.37. The van der Waals surface area contributed by atoms with Crippen molar-refractivity contribution >= 4 is 23.2 Å². The second-order valence-electron chi connectivity index (χ2n) is 6.37. The molecule has 0 saturated carbocycles. The van der Waals surface area contributed by atoms with Crippen LogP contribution < -0.4 is 0 Å². The number of carbonyl (C=O) groups is 3. The van der Waals surface area contributed by atoms with E-state index in [1.54, 1.807) is 6.92 Å². The van der Waals surface area contributed by atoms with Crippen LogP contribution >= 0.6 is 0 Å². The highest BCUT2D eigenvalue weighted by molar-refractivity contribution is 6.04. The van der Waals surface area contributed by atoms with E-state index in [1.807, 2.05) is 6.92 Å². The van der Waals surface area contributed by atoms with Gasteiger partial charge >= 0.3 is 5.97 Å². The third-order valence-electron chi connectivity index (χ3n) is 4.27. The van der Waals surface area contributed by atoms with Gasteiger partial charge in [-0.2, -0.15) is 0 Å². The fourth-order valence-corrected chi connectivity index (χ4v) is 2.79. The number of ketones is 2. The molecule has 1 rings (SSSR count). The topological polar surface area (TPSA) is 113 Å². The first kappa shape index (κ1) is 23.4. The van der Waals surface area contributed by atoms with Crippen molar-refractivity contribution in [3.05, 3.63) is 39.9 Å². The van der Waals surface area contributed by atoms with Crippen LogP contribution in [0.3, 0.4) is 0 Å². The van der Waals surface area contributed by atoms with Gasteiger partial charge in [0.1, 0.15) is 24.1 Å². The van der Waals surface area contributed by atoms with Gasteiger partial charge in [-0.15, -0.1) is 0 Å². The minimum Gasteiger partial charge on any atom is -0.463 e. The molecule has 0 aliphatic heterocycles. The molecule has 28 heavy (non-hydrogen) atoms. The molecule has 0 bridgehead atoms. The van der Waals surface area contributed by atoms with E-state index in [-0.39, 0.29) is 36.7 Å². The van der Waals surface area contributed by atoms with Gasteiger partial charge in [-0.1, -0.05) is 32.4 Å². The summed E-state index contributed by atoms with van der Waals surface area (Å²) in [6.45, 7) is 5.55. The number of ether oxygens (including phenoxy) is 2. The van der Waals surface area contributed by atoms with Crippen molar-refractivity contribution in [1.82, 2.24) is 0 Å². The van der Waals surface area contributed by atoms with Gasteiger partial charge in [0.25, 0.3) is 5.69 Å². The number of hydrogen-bond donors (Lipinski definition) is 0. The van der Waals surface area contributed by atoms with Crippen molar-refractivity contribution in [1.29, 1.82) is 0 Å². The summed E-state index contributed by atoms with van der Waals surface area (Å²) in [6, 6.07) is 5.43. The van der Waals surface area contributed by atoms with Gasteiger partial charge in [0.05, 0.1) is 17.4 Å². The van der Waals surface area contributed by atoms with Crippen LogP contribution in [-0.2, 0) is 23.9 Å². The number of benzene rings is 1. The lowest BCUT2D eigenvalue weighted by Crippen LogP contribution is -2.35. The molecule has 1 aromatic carbocycles. The number of carbonyl (C=O) groups excluding carboxylic acids is 3. The molecule has 0 fully saturated rings. The monoisotopic (exact) mass is 393 g/mol. The molecular formula is C20H27NO7. The third-order valence-corrected chi connectivity index (χ3v) is 4.27. The van der Waals surface area contributed by atoms with Gasteiger partial charge in [-0.25, -0.2) is 0 Å². The maximum absolute atomic E-state index is 12.5. The molecule has 0 N–H and O–H groups in total. The van der Waals surface area contributed by atoms with Crippen LogP contribution in [0, 0.1) is 16.0 Å². The maximum atomic E-state index is 12.5. The van der Waals surface area contributed by atoms with E-state index in [4.69, 9.17) is 9.47 Å². The summed E-state index contributed by atoms with van der Waals surface area (Å²) < 4.78 is 10.5. The van der Waals surface area contributed by atoms with Crippen molar-refractivity contribution < 1.29 is 28.8 Å². The van der Waals surface area contributed by atoms with Crippen LogP contribution in [0.5, 0.6) is 0 Å². The Bertz CT molecular complexity index is 702. The first-order valence-electron chi connectivity index (χ1n) is 9.35. The molecule has 0 amide bonds. The molecule has 0 heterocycles. The SMILES string of the molecule is CCCCOCCOC(=O)C(C(C)=O)C(C(=O)CC)c1cccc([N+](=O)[O-])c1. The zero-order chi connectivity index (χ0) is 21.1. The first-order chi connectivity index (χ1) is 13.3. The normalized spacial score (nSPS) is 12.8. The van der Waals surface area contributed by atoms with Crippen LogP contribution in [0.1, 0.15) is 51.5 Å². The van der Waals surface area contributed by atoms with E-state index in [9.17, 15) is 24.5 Å². The number of nitro groups is 1. The van der Waals surface area contributed by atoms with Gasteiger partial charge in [-0.05, 0) is 18.9 Å². The summed E-state index contributed by atoms with van der Waals surface area (Å²) in [5.41, 5.74) is 0.0313. The summed E-state index contributed by atoms with van der Waals surface area (Å²) in [7, 11) is 0. The highest BCUT2D eigenvalue weighted by Gasteiger charge is 2.39. The Morgan fingerprint density at radius 2 is 1.86 bits per heavy atom. The Hall–Kier alpha value is -2.61. The van der Waals surface area contributed by atoms with E-state index in [2.05, 4.69) is 0 Å². The van der Waals surface area contributed by atoms with E-state index in [0.29, 0.717) is 6.61 Å². The van der Waals surface area contributed by atoms with Crippen LogP contribution in [-0.4, -0.2) is 42.3 Å². The molecule has 2 atom stereocenters. The van der Waals surface area contributed by atoms with Crippen molar-refractivity contribution in [2.75, 3.05) is 19.8 Å². The maximum Gasteiger partial charge on any atom is 0.317 e. The van der Waals surface area contributed by atoms with E-state index >= 15 is 0 Å². The summed E-state index contributed by atoms with van der Waals surface area (Å²) in [6.07, 6.45) is 1.95. The second kappa shape index (κ2) is 12.0. The first-order valence-corrected chi connectivity index (χ1v) is 9.35. The molecule has 154 valence electrons. The zero-order valence-corrected chi connectivity index (χ0v) is 16.5. The number of hydrogen-bond acceptors (Lipinski definition) is 7. The zero-order valence-electron chi connectivity index (χ0n) is 16.5. The molecule has 1 aromatic rings. The number of unbranched alkanes of at least 4 members (excludes halogenated alkanes) is 1. The average Bonchev–Trinajstić information content (AvgIpc) is 2.67. The van der Waals surface area contributed by atoms with E-state index < -0.39 is 28.5 Å². The molecule has 8 nitrogen and oxygen atoms in total. The van der Waals surface area contributed by atoms with Crippen molar-refractivity contribution in [2.24, 2.45) is 5.92 Å². The summed E-state index contributed by atoms with van der Waals surface area (Å²) in [5, 5.41) is 11.1. The largest absolute Gasteiger partial charge is 0.463 e. The van der Waals surface area contributed by atoms with Crippen molar-refractivity contribution in [3.63, 3.8) is 0 Å². The lowest BCUT2D eigenvalue weighted by Gasteiger charge is -2.23. The quantitative estimate of drug-likeness (QED) is 0.166. The predicted molar refractivity (Wildman–Crippen MR) is 102 cm³/mol. The predicted octanol–water partition coefficient (Wildman–Crippen LogP) is 3.22. The lowest BCUT2D eigenvalue weighted by molar-refractivity contribution is -0.384. The Labute approximate surface area is 164 Å². The van der Waals surface area contributed by atoms with Crippen LogP contribution in [0.25, 0.3) is 0 Å². The summed E-state index contributed by atoms with van der Waals surface area (Å²) in [4.78, 5) is 47.7. The number of Topliss-reactive ketones (excluding diaryl/α,β-unsaturated/α-hetero) is 2. The highest BCUT2D eigenvalue weighted by Crippen LogP contribution is 2.31. The molecule has 0 saturated heterocycles. The fraction of sp³-hybridized carbons (Fsp3) is 0.550. The molecule has 0 radical (unpaired) electrons. The molecule has 0 aliphatic rings. The van der Waals surface area contributed by atoms with E-state index in [1.165, 1.54) is 31.2 Å². The van der Waals surface area contributed by atoms with Gasteiger partial charge in [0.15, 0.2) is 0 Å². The molecule has 8 heteroatoms. The number of rotatable bonds is 13. The number of nitro benzene ring substituents is 1. The molecule has 0 spiro atoms. The van der Waals surface area contributed by atoms with Gasteiger partial charge in [0, 0.05) is 25.2 Å². The minimum absolute atomic E-state index is 0.0334. The Morgan fingerprint density at radius 3 is 2.43 bits per heavy atom. The van der Waals surface area contributed by atoms with Gasteiger partial charge in [0.2, 0.25) is 0 Å². The van der Waals surface area contributed by atoms with Crippen LogP contribution in [0.2, 0.25) is 0 Å². The Morgan fingerprint density at radius 1 is 1.14 bits per heavy atom. The van der Waals surface area contributed by atoms with E-state index in [0.717, 1.165) is 12.8 Å². The minimum atomic E-state index is -1.36. The van der Waals surface area contributed by atoms with Crippen molar-refractivity contribution in [3.8, 4) is 0 Å². The molecular weight excluding hydrogens is 366 g/mol. The van der Waals surface area contributed by atoms with Crippen LogP contribution in [0.4, 0.5) is 5.69 Å². The fourth-order valence-electron chi connectivity index (χ4n) is 2.79. The molecule has 0 aliphatic carbocycles. The van der Waals surface area contributed by atoms with Crippen LogP contribution in [0.15, 0.2) is 24.3 Å². The molecule has 2 unspecified atom stereocenters. The third kappa shape index (κ3) is 6.84. The Kier molecular flexibility index (Phi) is 10.0. The number of non-ortho nitro benzene ring substituents is 1.